The van der Waals surface area contributed by atoms with Crippen molar-refractivity contribution in [3.63, 3.8) is 0 Å². The summed E-state index contributed by atoms with van der Waals surface area (Å²) in [4.78, 5) is 16.5. The Kier molecular flexibility index (Phi) is 5.47. The molecule has 5 nitrogen and oxygen atoms in total. The first-order chi connectivity index (χ1) is 13.2. The van der Waals surface area contributed by atoms with Crippen LogP contribution in [-0.2, 0) is 6.54 Å². The third-order valence-corrected chi connectivity index (χ3v) is 5.48. The Morgan fingerprint density at radius 1 is 1.18 bits per heavy atom. The van der Waals surface area contributed by atoms with E-state index in [-0.39, 0.29) is 5.56 Å². The zero-order chi connectivity index (χ0) is 20.6. The fourth-order valence-electron chi connectivity index (χ4n) is 3.40. The number of aryl methyl sites for hydroxylation is 3. The van der Waals surface area contributed by atoms with Gasteiger partial charge in [0.05, 0.1) is 29.0 Å². The zero-order valence-electron chi connectivity index (χ0n) is 16.6. The van der Waals surface area contributed by atoms with Crippen LogP contribution in [0.25, 0.3) is 10.9 Å². The van der Waals surface area contributed by atoms with Gasteiger partial charge in [-0.05, 0) is 68.1 Å². The highest BCUT2D eigenvalue weighted by Crippen LogP contribution is 2.34. The summed E-state index contributed by atoms with van der Waals surface area (Å²) >= 11 is 6.22. The molecule has 28 heavy (non-hydrogen) atoms. The molecule has 0 unspecified atom stereocenters. The van der Waals surface area contributed by atoms with E-state index in [9.17, 15) is 9.90 Å². The van der Waals surface area contributed by atoms with Crippen molar-refractivity contribution >= 4 is 34.2 Å². The van der Waals surface area contributed by atoms with Crippen molar-refractivity contribution < 1.29 is 14.6 Å². The van der Waals surface area contributed by atoms with E-state index in [2.05, 4.69) is 17.2 Å². The summed E-state index contributed by atoms with van der Waals surface area (Å²) in [5, 5.41) is 14.4. The van der Waals surface area contributed by atoms with Gasteiger partial charge in [0.2, 0.25) is 0 Å². The van der Waals surface area contributed by atoms with Crippen LogP contribution in [0.3, 0.4) is 0 Å². The monoisotopic (exact) mass is 398 g/mol. The number of carboxylic acid groups (broad SMARTS) is 1. The molecule has 0 aliphatic heterocycles. The van der Waals surface area contributed by atoms with Gasteiger partial charge >= 0.3 is 5.97 Å². The first kappa shape index (κ1) is 20.0. The van der Waals surface area contributed by atoms with Crippen molar-refractivity contribution in [3.8, 4) is 5.75 Å². The van der Waals surface area contributed by atoms with Crippen molar-refractivity contribution in [2.45, 2.75) is 34.2 Å². The number of nitrogens with zero attached hydrogens (tertiary/aromatic N) is 1. The lowest BCUT2D eigenvalue weighted by molar-refractivity contribution is 0.0697. The van der Waals surface area contributed by atoms with Crippen molar-refractivity contribution in [2.75, 3.05) is 12.4 Å². The second-order valence-electron chi connectivity index (χ2n) is 6.91. The van der Waals surface area contributed by atoms with Crippen LogP contribution in [0.1, 0.15) is 38.3 Å². The molecule has 2 N–H and O–H groups in total. The predicted octanol–water partition coefficient (Wildman–Crippen LogP) is 5.44. The largest absolute Gasteiger partial charge is 0.495 e. The summed E-state index contributed by atoms with van der Waals surface area (Å²) in [5.41, 5.74) is 6.32. The molecule has 0 aliphatic rings. The van der Waals surface area contributed by atoms with Crippen molar-refractivity contribution in [1.82, 2.24) is 4.98 Å². The maximum absolute atomic E-state index is 12.0. The van der Waals surface area contributed by atoms with Crippen LogP contribution in [0.2, 0.25) is 5.02 Å². The summed E-state index contributed by atoms with van der Waals surface area (Å²) in [6, 6.07) is 7.50. The molecule has 0 radical (unpaired) electrons. The van der Waals surface area contributed by atoms with Crippen LogP contribution in [0.4, 0.5) is 5.69 Å². The van der Waals surface area contributed by atoms with Gasteiger partial charge < -0.3 is 15.2 Å². The SMILES string of the molecule is COc1ccc(CNc2c(C(=O)O)c(C)nc3c(C)c(C)c(C)cc23)cc1Cl. The topological polar surface area (TPSA) is 71.5 Å². The number of pyridine rings is 1. The third kappa shape index (κ3) is 3.50. The van der Waals surface area contributed by atoms with Crippen LogP contribution < -0.4 is 10.1 Å². The van der Waals surface area contributed by atoms with E-state index in [1.54, 1.807) is 20.1 Å². The molecule has 146 valence electrons. The molecule has 0 aliphatic carbocycles. The highest BCUT2D eigenvalue weighted by atomic mass is 35.5. The second kappa shape index (κ2) is 7.68. The van der Waals surface area contributed by atoms with Crippen LogP contribution in [-0.4, -0.2) is 23.2 Å². The van der Waals surface area contributed by atoms with Gasteiger partial charge in [-0.15, -0.1) is 0 Å². The quantitative estimate of drug-likeness (QED) is 0.598. The van der Waals surface area contributed by atoms with Crippen LogP contribution >= 0.6 is 11.6 Å². The molecule has 0 saturated carbocycles. The fourth-order valence-corrected chi connectivity index (χ4v) is 3.68. The Balaban J connectivity index is 2.13. The minimum Gasteiger partial charge on any atom is -0.495 e. The van der Waals surface area contributed by atoms with Crippen LogP contribution in [0.15, 0.2) is 24.3 Å². The lowest BCUT2D eigenvalue weighted by Crippen LogP contribution is -2.11. The minimum atomic E-state index is -1.00. The summed E-state index contributed by atoms with van der Waals surface area (Å²) in [5.74, 6) is -0.401. The first-order valence-electron chi connectivity index (χ1n) is 8.95. The first-order valence-corrected chi connectivity index (χ1v) is 9.33. The van der Waals surface area contributed by atoms with Gasteiger partial charge in [-0.2, -0.15) is 0 Å². The molecule has 3 aromatic rings. The number of halogens is 1. The van der Waals surface area contributed by atoms with E-state index < -0.39 is 5.97 Å². The van der Waals surface area contributed by atoms with Gasteiger partial charge in [0.1, 0.15) is 11.3 Å². The highest BCUT2D eigenvalue weighted by Gasteiger charge is 2.20. The van der Waals surface area contributed by atoms with E-state index in [0.29, 0.717) is 28.7 Å². The standard InChI is InChI=1S/C22H23ClN2O3/c1-11-8-16-20(13(3)12(11)2)25-14(4)19(22(26)27)21(16)24-10-15-6-7-18(28-5)17(23)9-15/h6-9H,10H2,1-5H3,(H,24,25)(H,26,27). The molecule has 0 spiro atoms. The molecule has 2 aromatic carbocycles. The highest BCUT2D eigenvalue weighted by molar-refractivity contribution is 6.32. The molecule has 6 heteroatoms. The van der Waals surface area contributed by atoms with Crippen molar-refractivity contribution in [1.29, 1.82) is 0 Å². The maximum Gasteiger partial charge on any atom is 0.339 e. The van der Waals surface area contributed by atoms with E-state index in [4.69, 9.17) is 16.3 Å². The molecule has 0 saturated heterocycles. The normalized spacial score (nSPS) is 10.9. The number of carbonyl (C=O) groups is 1. The lowest BCUT2D eigenvalue weighted by Gasteiger charge is -2.18. The number of rotatable bonds is 5. The average molecular weight is 399 g/mol. The summed E-state index contributed by atoms with van der Waals surface area (Å²) in [6.45, 7) is 8.25. The van der Waals surface area contributed by atoms with Gasteiger partial charge in [0, 0.05) is 11.9 Å². The fraction of sp³-hybridized carbons (Fsp3) is 0.273. The Morgan fingerprint density at radius 2 is 1.89 bits per heavy atom. The molecular weight excluding hydrogens is 376 g/mol. The molecule has 0 bridgehead atoms. The van der Waals surface area contributed by atoms with Crippen LogP contribution in [0.5, 0.6) is 5.75 Å². The number of aromatic carboxylic acids is 1. The number of hydrogen-bond donors (Lipinski definition) is 2. The van der Waals surface area contributed by atoms with Gasteiger partial charge in [-0.3, -0.25) is 4.98 Å². The van der Waals surface area contributed by atoms with Gasteiger partial charge in [-0.1, -0.05) is 17.7 Å². The molecule has 0 fully saturated rings. The number of fused-ring (bicyclic) bond motifs is 1. The number of ether oxygens (including phenoxy) is 1. The second-order valence-corrected chi connectivity index (χ2v) is 7.32. The number of nitrogens with one attached hydrogen (secondary N) is 1. The molecular formula is C22H23ClN2O3. The van der Waals surface area contributed by atoms with E-state index >= 15 is 0 Å². The van der Waals surface area contributed by atoms with E-state index in [1.165, 1.54) is 0 Å². The lowest BCUT2D eigenvalue weighted by atomic mass is 9.96. The third-order valence-electron chi connectivity index (χ3n) is 5.19. The van der Waals surface area contributed by atoms with Crippen LogP contribution in [0, 0.1) is 27.7 Å². The molecule has 0 amide bonds. The number of anilines is 1. The molecule has 0 atom stereocenters. The molecule has 3 rings (SSSR count). The number of benzene rings is 2. The van der Waals surface area contributed by atoms with Gasteiger partial charge in [-0.25, -0.2) is 4.79 Å². The van der Waals surface area contributed by atoms with Crippen molar-refractivity contribution in [2.24, 2.45) is 0 Å². The Bertz CT molecular complexity index is 1090. The smallest absolute Gasteiger partial charge is 0.339 e. The maximum atomic E-state index is 12.0. The number of methoxy groups -OCH3 is 1. The number of carboxylic acids is 1. The molecule has 1 heterocycles. The minimum absolute atomic E-state index is 0.190. The van der Waals surface area contributed by atoms with E-state index in [1.807, 2.05) is 32.0 Å². The Hall–Kier alpha value is -2.79. The summed E-state index contributed by atoms with van der Waals surface area (Å²) in [6.07, 6.45) is 0. The Morgan fingerprint density at radius 3 is 2.50 bits per heavy atom. The number of aromatic nitrogens is 1. The Labute approximate surface area is 169 Å². The van der Waals surface area contributed by atoms with Crippen molar-refractivity contribution in [3.05, 3.63) is 62.8 Å². The van der Waals surface area contributed by atoms with Gasteiger partial charge in [0.15, 0.2) is 0 Å². The predicted molar refractivity (Wildman–Crippen MR) is 113 cm³/mol. The summed E-state index contributed by atoms with van der Waals surface area (Å²) < 4.78 is 5.19. The summed E-state index contributed by atoms with van der Waals surface area (Å²) in [7, 11) is 1.57. The van der Waals surface area contributed by atoms with Gasteiger partial charge in [0.25, 0.3) is 0 Å². The van der Waals surface area contributed by atoms with E-state index in [0.717, 1.165) is 33.2 Å². The average Bonchev–Trinajstić information content (AvgIpc) is 2.64. The molecule has 1 aromatic heterocycles. The number of hydrogen-bond acceptors (Lipinski definition) is 4. The zero-order valence-corrected chi connectivity index (χ0v) is 17.4.